The Labute approximate surface area is 154 Å². The van der Waals surface area contributed by atoms with Crippen LogP contribution in [0.1, 0.15) is 40.4 Å². The van der Waals surface area contributed by atoms with Crippen molar-refractivity contribution in [1.82, 2.24) is 5.32 Å². The highest BCUT2D eigenvalue weighted by molar-refractivity contribution is 5.93. The summed E-state index contributed by atoms with van der Waals surface area (Å²) in [7, 11) is 0. The van der Waals surface area contributed by atoms with Gasteiger partial charge in [-0.25, -0.2) is 0 Å². The van der Waals surface area contributed by atoms with Gasteiger partial charge in [0, 0.05) is 25.3 Å². The highest BCUT2D eigenvalue weighted by atomic mass is 16.5. The Morgan fingerprint density at radius 3 is 2.62 bits per heavy atom. The highest BCUT2D eigenvalue weighted by Gasteiger charge is 2.16. The summed E-state index contributed by atoms with van der Waals surface area (Å²) >= 11 is 0. The predicted molar refractivity (Wildman–Crippen MR) is 102 cm³/mol. The van der Waals surface area contributed by atoms with Crippen molar-refractivity contribution in [3.63, 3.8) is 0 Å². The van der Waals surface area contributed by atoms with Crippen molar-refractivity contribution in [2.45, 2.75) is 32.7 Å². The lowest BCUT2D eigenvalue weighted by molar-refractivity contribution is 0.1000. The van der Waals surface area contributed by atoms with Gasteiger partial charge in [0.05, 0.1) is 0 Å². The molecule has 0 aliphatic carbocycles. The standard InChI is InChI=1S/C21H26N2O3/c1-2-25-11-3-10-23-14-15-4-8-19-16(12-15)5-6-17-13-18(21(22)24)7-9-20(17)26-19/h4,7-9,12-13,23H,2-3,5-6,10-11,14H2,1H3,(H2,22,24). The Hall–Kier alpha value is -2.37. The van der Waals surface area contributed by atoms with Crippen LogP contribution in [0.15, 0.2) is 36.4 Å². The van der Waals surface area contributed by atoms with Crippen LogP contribution in [0.5, 0.6) is 11.5 Å². The molecule has 1 heterocycles. The third kappa shape index (κ3) is 4.62. The normalized spacial score (nSPS) is 12.7. The van der Waals surface area contributed by atoms with Crippen molar-refractivity contribution < 1.29 is 14.3 Å². The van der Waals surface area contributed by atoms with Gasteiger partial charge in [-0.15, -0.1) is 0 Å². The molecule has 0 fully saturated rings. The zero-order valence-electron chi connectivity index (χ0n) is 15.2. The van der Waals surface area contributed by atoms with Crippen molar-refractivity contribution >= 4 is 5.91 Å². The summed E-state index contributed by atoms with van der Waals surface area (Å²) in [5, 5.41) is 3.45. The van der Waals surface area contributed by atoms with E-state index in [1.165, 1.54) is 11.1 Å². The molecule has 1 aliphatic rings. The molecule has 0 aromatic heterocycles. The zero-order chi connectivity index (χ0) is 18.4. The maximum atomic E-state index is 11.4. The molecule has 2 aromatic rings. The maximum absolute atomic E-state index is 11.4. The van der Waals surface area contributed by atoms with Crippen molar-refractivity contribution in [3.8, 4) is 11.5 Å². The van der Waals surface area contributed by atoms with Gasteiger partial charge < -0.3 is 20.5 Å². The molecule has 0 spiro atoms. The average molecular weight is 354 g/mol. The summed E-state index contributed by atoms with van der Waals surface area (Å²) in [6.45, 7) is 5.35. The smallest absolute Gasteiger partial charge is 0.248 e. The van der Waals surface area contributed by atoms with Crippen molar-refractivity contribution in [2.24, 2.45) is 5.73 Å². The Morgan fingerprint density at radius 1 is 1.15 bits per heavy atom. The van der Waals surface area contributed by atoms with Crippen LogP contribution in [0.25, 0.3) is 0 Å². The van der Waals surface area contributed by atoms with Gasteiger partial charge >= 0.3 is 0 Å². The predicted octanol–water partition coefficient (Wildman–Crippen LogP) is 3.19. The Kier molecular flexibility index (Phi) is 6.26. The van der Waals surface area contributed by atoms with Crippen molar-refractivity contribution in [1.29, 1.82) is 0 Å². The molecule has 0 atom stereocenters. The van der Waals surface area contributed by atoms with Gasteiger partial charge in [-0.2, -0.15) is 0 Å². The molecule has 0 saturated heterocycles. The van der Waals surface area contributed by atoms with Crippen LogP contribution in [-0.2, 0) is 24.1 Å². The third-order valence-electron chi connectivity index (χ3n) is 4.53. The van der Waals surface area contributed by atoms with E-state index in [0.29, 0.717) is 5.56 Å². The molecular formula is C21H26N2O3. The summed E-state index contributed by atoms with van der Waals surface area (Å²) in [4.78, 5) is 11.4. The Bertz CT molecular complexity index is 774. The summed E-state index contributed by atoms with van der Waals surface area (Å²) in [5.41, 5.74) is 9.36. The molecule has 0 radical (unpaired) electrons. The van der Waals surface area contributed by atoms with Crippen molar-refractivity contribution in [3.05, 3.63) is 58.7 Å². The summed E-state index contributed by atoms with van der Waals surface area (Å²) in [5.74, 6) is 1.28. The van der Waals surface area contributed by atoms with Gasteiger partial charge in [0.15, 0.2) is 0 Å². The fourth-order valence-corrected chi connectivity index (χ4v) is 3.13. The number of aryl methyl sites for hydroxylation is 2. The van der Waals surface area contributed by atoms with Crippen molar-refractivity contribution in [2.75, 3.05) is 19.8 Å². The van der Waals surface area contributed by atoms with Crippen LogP contribution in [0.3, 0.4) is 0 Å². The third-order valence-corrected chi connectivity index (χ3v) is 4.53. The topological polar surface area (TPSA) is 73.6 Å². The van der Waals surface area contributed by atoms with Gasteiger partial charge in [-0.3, -0.25) is 4.79 Å². The molecule has 2 aromatic carbocycles. The number of carbonyl (C=O) groups excluding carboxylic acids is 1. The summed E-state index contributed by atoms with van der Waals surface area (Å²) in [6, 6.07) is 11.7. The minimum absolute atomic E-state index is 0.410. The number of fused-ring (bicyclic) bond motifs is 2. The van der Waals surface area contributed by atoms with E-state index in [-0.39, 0.29) is 0 Å². The minimum Gasteiger partial charge on any atom is -0.457 e. The SMILES string of the molecule is CCOCCCNCc1ccc2c(c1)CCc1cc(C(N)=O)ccc1O2. The molecule has 1 aliphatic heterocycles. The fraction of sp³-hybridized carbons (Fsp3) is 0.381. The van der Waals surface area contributed by atoms with E-state index in [1.54, 1.807) is 6.07 Å². The number of primary amides is 1. The summed E-state index contributed by atoms with van der Waals surface area (Å²) < 4.78 is 11.4. The van der Waals surface area contributed by atoms with E-state index >= 15 is 0 Å². The highest BCUT2D eigenvalue weighted by Crippen LogP contribution is 2.34. The number of nitrogens with two attached hydrogens (primary N) is 1. The van der Waals surface area contributed by atoms with Gasteiger partial charge in [0.2, 0.25) is 5.91 Å². The lowest BCUT2D eigenvalue weighted by atomic mass is 10.0. The largest absolute Gasteiger partial charge is 0.457 e. The summed E-state index contributed by atoms with van der Waals surface area (Å²) in [6.07, 6.45) is 2.72. The molecule has 0 saturated carbocycles. The van der Waals surface area contributed by atoms with E-state index in [9.17, 15) is 4.79 Å². The number of hydrogen-bond donors (Lipinski definition) is 2. The van der Waals surface area contributed by atoms with Crippen LogP contribution < -0.4 is 15.8 Å². The van der Waals surface area contributed by atoms with Gasteiger partial charge in [0.25, 0.3) is 0 Å². The average Bonchev–Trinajstić information content (AvgIpc) is 2.82. The Morgan fingerprint density at radius 2 is 1.88 bits per heavy atom. The first-order valence-electron chi connectivity index (χ1n) is 9.18. The number of rotatable bonds is 8. The first kappa shape index (κ1) is 18.4. The molecule has 0 bridgehead atoms. The molecule has 5 heteroatoms. The van der Waals surface area contributed by atoms with Crippen LogP contribution in [0, 0.1) is 0 Å². The second kappa shape index (κ2) is 8.83. The van der Waals surface area contributed by atoms with Crippen LogP contribution in [0.2, 0.25) is 0 Å². The molecule has 1 amide bonds. The number of amides is 1. The van der Waals surface area contributed by atoms with E-state index in [2.05, 4.69) is 17.4 Å². The van der Waals surface area contributed by atoms with E-state index < -0.39 is 5.91 Å². The number of ether oxygens (including phenoxy) is 2. The van der Waals surface area contributed by atoms with Crippen LogP contribution >= 0.6 is 0 Å². The number of benzene rings is 2. The molecule has 3 N–H and O–H groups in total. The molecule has 3 rings (SSSR count). The van der Waals surface area contributed by atoms with E-state index in [0.717, 1.165) is 62.6 Å². The maximum Gasteiger partial charge on any atom is 0.248 e. The lowest BCUT2D eigenvalue weighted by Crippen LogP contribution is -2.16. The zero-order valence-corrected chi connectivity index (χ0v) is 15.2. The number of carbonyl (C=O) groups is 1. The molecule has 138 valence electrons. The van der Waals surface area contributed by atoms with Gasteiger partial charge in [-0.1, -0.05) is 12.1 Å². The second-order valence-corrected chi connectivity index (χ2v) is 6.46. The quantitative estimate of drug-likeness (QED) is 0.714. The Balaban J connectivity index is 1.63. The first-order valence-corrected chi connectivity index (χ1v) is 9.18. The molecule has 26 heavy (non-hydrogen) atoms. The van der Waals surface area contributed by atoms with Crippen LogP contribution in [0.4, 0.5) is 0 Å². The molecule has 0 unspecified atom stereocenters. The van der Waals surface area contributed by atoms with Gasteiger partial charge in [0.1, 0.15) is 11.5 Å². The van der Waals surface area contributed by atoms with Crippen LogP contribution in [-0.4, -0.2) is 25.7 Å². The number of nitrogens with one attached hydrogen (secondary N) is 1. The van der Waals surface area contributed by atoms with E-state index in [1.807, 2.05) is 25.1 Å². The first-order chi connectivity index (χ1) is 12.7. The molecule has 5 nitrogen and oxygen atoms in total. The number of hydrogen-bond acceptors (Lipinski definition) is 4. The monoisotopic (exact) mass is 354 g/mol. The fourth-order valence-electron chi connectivity index (χ4n) is 3.13. The minimum atomic E-state index is -0.410. The van der Waals surface area contributed by atoms with E-state index in [4.69, 9.17) is 15.2 Å². The molecular weight excluding hydrogens is 328 g/mol. The lowest BCUT2D eigenvalue weighted by Gasteiger charge is -2.11. The van der Waals surface area contributed by atoms with Gasteiger partial charge in [-0.05, 0) is 73.7 Å². The second-order valence-electron chi connectivity index (χ2n) is 6.46.